The molecule has 1 aliphatic heterocycles. The second-order valence-corrected chi connectivity index (χ2v) is 10.9. The minimum Gasteiger partial charge on any atom is -0.445 e. The van der Waals surface area contributed by atoms with Crippen molar-refractivity contribution < 1.29 is 24.1 Å². The number of nitrogens with one attached hydrogen (secondary N) is 1. The number of aliphatic hydroxyl groups excluding tert-OH is 1. The number of benzene rings is 3. The van der Waals surface area contributed by atoms with Crippen molar-refractivity contribution in [1.82, 2.24) is 20.1 Å². The molecule has 10 heteroatoms. The van der Waals surface area contributed by atoms with Crippen molar-refractivity contribution in [2.45, 2.75) is 43.2 Å². The molecule has 218 valence electrons. The minimum absolute atomic E-state index is 0.00203. The van der Waals surface area contributed by atoms with E-state index >= 15 is 0 Å². The number of carbonyl (C=O) groups is 1. The Morgan fingerprint density at radius 1 is 1.10 bits per heavy atom. The summed E-state index contributed by atoms with van der Waals surface area (Å²) in [6.07, 6.45) is 2.57. The Bertz CT molecular complexity index is 1490. The highest BCUT2D eigenvalue weighted by molar-refractivity contribution is 7.99. The van der Waals surface area contributed by atoms with E-state index in [1.165, 1.54) is 6.08 Å². The molecule has 1 saturated heterocycles. The molecule has 3 atom stereocenters. The number of hydrogen-bond donors (Lipinski definition) is 2. The Labute approximate surface area is 249 Å². The number of aryl methyl sites for hydroxylation is 1. The molecule has 0 saturated carbocycles. The smallest absolute Gasteiger partial charge is 0.407 e. The Balaban J connectivity index is 1.34. The van der Waals surface area contributed by atoms with Gasteiger partial charge in [-0.25, -0.2) is 4.79 Å². The number of thioether (sulfide) groups is 1. The molecule has 1 amide bonds. The maximum atomic E-state index is 11.8. The van der Waals surface area contributed by atoms with Gasteiger partial charge in [-0.1, -0.05) is 85.1 Å². The van der Waals surface area contributed by atoms with Crippen LogP contribution in [-0.2, 0) is 34.4 Å². The van der Waals surface area contributed by atoms with Crippen LogP contribution >= 0.6 is 11.8 Å². The molecule has 0 unspecified atom stereocenters. The normalized spacial score (nSPS) is 18.4. The van der Waals surface area contributed by atoms with Crippen LogP contribution in [0.5, 0.6) is 0 Å². The third-order valence-electron chi connectivity index (χ3n) is 6.87. The highest BCUT2D eigenvalue weighted by atomic mass is 32.2. The molecule has 0 spiro atoms. The van der Waals surface area contributed by atoms with E-state index < -0.39 is 12.4 Å². The summed E-state index contributed by atoms with van der Waals surface area (Å²) in [7, 11) is 1.92. The van der Waals surface area contributed by atoms with E-state index in [0.717, 1.165) is 38.5 Å². The van der Waals surface area contributed by atoms with E-state index in [4.69, 9.17) is 14.2 Å². The zero-order chi connectivity index (χ0) is 29.3. The van der Waals surface area contributed by atoms with Gasteiger partial charge < -0.3 is 29.2 Å². The molecule has 1 fully saturated rings. The molecule has 0 bridgehead atoms. The van der Waals surface area contributed by atoms with Crippen LogP contribution in [0.25, 0.3) is 11.1 Å². The summed E-state index contributed by atoms with van der Waals surface area (Å²) in [6, 6.07) is 24.0. The van der Waals surface area contributed by atoms with Crippen molar-refractivity contribution >= 4 is 17.9 Å². The molecule has 9 nitrogen and oxygen atoms in total. The molecule has 2 heterocycles. The lowest BCUT2D eigenvalue weighted by Gasteiger charge is -2.36. The summed E-state index contributed by atoms with van der Waals surface area (Å²) < 4.78 is 19.9. The zero-order valence-corrected chi connectivity index (χ0v) is 24.2. The van der Waals surface area contributed by atoms with Crippen LogP contribution < -0.4 is 5.32 Å². The van der Waals surface area contributed by atoms with Gasteiger partial charge in [-0.15, -0.1) is 10.2 Å². The Hall–Kier alpha value is -3.96. The van der Waals surface area contributed by atoms with E-state index in [-0.39, 0.29) is 25.4 Å². The fourth-order valence-electron chi connectivity index (χ4n) is 4.68. The number of ether oxygens (including phenoxy) is 3. The number of alkyl carbamates (subject to hydrolysis) is 1. The van der Waals surface area contributed by atoms with Gasteiger partial charge in [0.1, 0.15) is 12.9 Å². The number of aliphatic hydroxyl groups is 1. The highest BCUT2D eigenvalue weighted by Crippen LogP contribution is 2.40. The number of carbonyl (C=O) groups excluding carboxylic acids is 1. The van der Waals surface area contributed by atoms with E-state index in [9.17, 15) is 9.90 Å². The standard InChI is InChI=1S/C32H34N4O5S/c1-3-14-39-32(38)33-18-23-6-4-7-25(15-23)26-8-5-9-27(16-26)30-40-28(20-42-31-35-34-21-36(31)2)17-29(41-30)24-12-10-22(19-37)11-13-24/h3-13,15-16,21,28-30,37H,1,14,17-20H2,2H3,(H,33,38)/t28-,29+,30+/m1/s1. The van der Waals surface area contributed by atoms with Gasteiger partial charge in [-0.05, 0) is 39.9 Å². The average molecular weight is 587 g/mol. The first-order valence-electron chi connectivity index (χ1n) is 13.7. The fraction of sp³-hybridized carbons (Fsp3) is 0.281. The van der Waals surface area contributed by atoms with Crippen LogP contribution in [-0.4, -0.2) is 44.4 Å². The highest BCUT2D eigenvalue weighted by Gasteiger charge is 2.32. The van der Waals surface area contributed by atoms with Crippen LogP contribution in [0.2, 0.25) is 0 Å². The lowest BCUT2D eigenvalue weighted by atomic mass is 9.99. The predicted molar refractivity (Wildman–Crippen MR) is 160 cm³/mol. The zero-order valence-electron chi connectivity index (χ0n) is 23.4. The maximum Gasteiger partial charge on any atom is 0.407 e. The number of hydrogen-bond acceptors (Lipinski definition) is 8. The topological polar surface area (TPSA) is 108 Å². The van der Waals surface area contributed by atoms with Gasteiger partial charge in [0.05, 0.1) is 18.8 Å². The Kier molecular flexibility index (Phi) is 10.0. The van der Waals surface area contributed by atoms with Crippen LogP contribution in [0.4, 0.5) is 4.79 Å². The average Bonchev–Trinajstić information content (AvgIpc) is 3.46. The lowest BCUT2D eigenvalue weighted by Crippen LogP contribution is -2.31. The third-order valence-corrected chi connectivity index (χ3v) is 8.04. The molecule has 0 aliphatic carbocycles. The van der Waals surface area contributed by atoms with E-state index in [1.54, 1.807) is 18.1 Å². The molecule has 1 aliphatic rings. The van der Waals surface area contributed by atoms with Gasteiger partial charge in [0, 0.05) is 31.3 Å². The summed E-state index contributed by atoms with van der Waals surface area (Å²) in [5.41, 5.74) is 5.78. The summed E-state index contributed by atoms with van der Waals surface area (Å²) in [6.45, 7) is 4.06. The van der Waals surface area contributed by atoms with Crippen LogP contribution in [0.15, 0.2) is 96.9 Å². The number of nitrogens with zero attached hydrogens (tertiary/aromatic N) is 3. The van der Waals surface area contributed by atoms with Gasteiger partial charge >= 0.3 is 6.09 Å². The van der Waals surface area contributed by atoms with Crippen molar-refractivity contribution in [3.05, 3.63) is 114 Å². The number of amides is 1. The number of aromatic nitrogens is 3. The Morgan fingerprint density at radius 3 is 2.62 bits per heavy atom. The minimum atomic E-state index is -0.573. The second-order valence-electron chi connectivity index (χ2n) is 9.95. The first-order chi connectivity index (χ1) is 20.5. The van der Waals surface area contributed by atoms with Gasteiger partial charge in [-0.2, -0.15) is 0 Å². The quantitative estimate of drug-likeness (QED) is 0.170. The SMILES string of the molecule is C=CCOC(=O)NCc1cccc(-c2cccc([C@H]3O[C@@H](CSc4nncn4C)C[C@@H](c4ccc(CO)cc4)O3)c2)c1. The number of rotatable bonds is 11. The van der Waals surface area contributed by atoms with E-state index in [1.807, 2.05) is 78.3 Å². The summed E-state index contributed by atoms with van der Waals surface area (Å²) in [4.78, 5) is 11.8. The van der Waals surface area contributed by atoms with E-state index in [2.05, 4.69) is 28.2 Å². The first kappa shape index (κ1) is 29.5. The van der Waals surface area contributed by atoms with Crippen molar-refractivity contribution in [3.8, 4) is 11.1 Å². The second kappa shape index (κ2) is 14.3. The van der Waals surface area contributed by atoms with Crippen molar-refractivity contribution in [1.29, 1.82) is 0 Å². The molecule has 0 radical (unpaired) electrons. The molecule has 1 aromatic heterocycles. The van der Waals surface area contributed by atoms with Gasteiger partial charge in [0.15, 0.2) is 11.4 Å². The molecule has 5 rings (SSSR count). The summed E-state index contributed by atoms with van der Waals surface area (Å²) in [5.74, 6) is 0.696. The summed E-state index contributed by atoms with van der Waals surface area (Å²) >= 11 is 1.61. The molecule has 4 aromatic rings. The van der Waals surface area contributed by atoms with Gasteiger partial charge in [0.2, 0.25) is 0 Å². The molecule has 42 heavy (non-hydrogen) atoms. The Morgan fingerprint density at radius 2 is 1.88 bits per heavy atom. The van der Waals surface area contributed by atoms with Crippen molar-refractivity contribution in [2.24, 2.45) is 7.05 Å². The maximum absolute atomic E-state index is 11.8. The van der Waals surface area contributed by atoms with Crippen LogP contribution in [0, 0.1) is 0 Å². The van der Waals surface area contributed by atoms with Crippen molar-refractivity contribution in [3.63, 3.8) is 0 Å². The van der Waals surface area contributed by atoms with Gasteiger partial charge in [0.25, 0.3) is 0 Å². The largest absolute Gasteiger partial charge is 0.445 e. The van der Waals surface area contributed by atoms with Crippen LogP contribution in [0.1, 0.15) is 41.1 Å². The predicted octanol–water partition coefficient (Wildman–Crippen LogP) is 5.72. The van der Waals surface area contributed by atoms with Gasteiger partial charge in [-0.3, -0.25) is 0 Å². The monoisotopic (exact) mass is 586 g/mol. The van der Waals surface area contributed by atoms with Crippen molar-refractivity contribution in [2.75, 3.05) is 12.4 Å². The van der Waals surface area contributed by atoms with Crippen LogP contribution in [0.3, 0.4) is 0 Å². The lowest BCUT2D eigenvalue weighted by molar-refractivity contribution is -0.245. The van der Waals surface area contributed by atoms with E-state index in [0.29, 0.717) is 18.7 Å². The molecular weight excluding hydrogens is 552 g/mol. The molecule has 2 N–H and O–H groups in total. The summed E-state index contributed by atoms with van der Waals surface area (Å²) in [5, 5.41) is 21.2. The third kappa shape index (κ3) is 7.65. The first-order valence-corrected chi connectivity index (χ1v) is 14.7. The fourth-order valence-corrected chi connectivity index (χ4v) is 5.58. The molecule has 3 aromatic carbocycles. The molecular formula is C32H34N4O5S.